The van der Waals surface area contributed by atoms with Gasteiger partial charge in [0, 0.05) is 12.1 Å². The number of para-hydroxylation sites is 1. The molecule has 0 saturated heterocycles. The van der Waals surface area contributed by atoms with Gasteiger partial charge in [-0.05, 0) is 43.2 Å². The Kier molecular flexibility index (Phi) is 5.58. The largest absolute Gasteiger partial charge is 0.484 e. The van der Waals surface area contributed by atoms with Gasteiger partial charge in [-0.3, -0.25) is 4.79 Å². The molecule has 4 rings (SSSR count). The van der Waals surface area contributed by atoms with Gasteiger partial charge in [0.2, 0.25) is 0 Å². The Bertz CT molecular complexity index is 1120. The lowest BCUT2D eigenvalue weighted by Crippen LogP contribution is -2.28. The van der Waals surface area contributed by atoms with Gasteiger partial charge in [-0.2, -0.15) is 0 Å². The fourth-order valence-electron chi connectivity index (χ4n) is 3.12. The van der Waals surface area contributed by atoms with Crippen LogP contribution < -0.4 is 10.1 Å². The summed E-state index contributed by atoms with van der Waals surface area (Å²) in [5, 5.41) is 3.91. The van der Waals surface area contributed by atoms with Crippen molar-refractivity contribution in [2.24, 2.45) is 0 Å². The Morgan fingerprint density at radius 2 is 1.83 bits per heavy atom. The molecule has 0 aliphatic carbocycles. The standard InChI is InChI=1S/C24H22N2O2S/c1-16-7-12-21(17(2)13-16)28-15-23(27)25-14-18-8-10-19(11-9-18)24-26-20-5-3-4-6-22(20)29-24/h3-13H,14-15H2,1-2H3,(H,25,27). The number of benzene rings is 3. The minimum absolute atomic E-state index is 0.00763. The number of rotatable bonds is 6. The van der Waals surface area contributed by atoms with Gasteiger partial charge in [-0.25, -0.2) is 4.98 Å². The topological polar surface area (TPSA) is 51.2 Å². The minimum Gasteiger partial charge on any atom is -0.484 e. The molecule has 0 unspecified atom stereocenters. The van der Waals surface area contributed by atoms with Crippen molar-refractivity contribution in [3.05, 3.63) is 83.4 Å². The maximum absolute atomic E-state index is 12.1. The molecule has 0 atom stereocenters. The molecule has 4 aromatic rings. The maximum atomic E-state index is 12.1. The van der Waals surface area contributed by atoms with E-state index in [1.54, 1.807) is 11.3 Å². The van der Waals surface area contributed by atoms with Crippen LogP contribution in [-0.2, 0) is 11.3 Å². The van der Waals surface area contributed by atoms with Crippen molar-refractivity contribution in [2.45, 2.75) is 20.4 Å². The molecule has 29 heavy (non-hydrogen) atoms. The van der Waals surface area contributed by atoms with Gasteiger partial charge < -0.3 is 10.1 Å². The normalized spacial score (nSPS) is 10.8. The van der Waals surface area contributed by atoms with Crippen LogP contribution in [0.15, 0.2) is 66.7 Å². The number of fused-ring (bicyclic) bond motifs is 1. The van der Waals surface area contributed by atoms with Gasteiger partial charge in [0.25, 0.3) is 5.91 Å². The molecule has 3 aromatic carbocycles. The van der Waals surface area contributed by atoms with Crippen LogP contribution in [0.25, 0.3) is 20.8 Å². The third-order valence-corrected chi connectivity index (χ3v) is 5.76. The predicted molar refractivity (Wildman–Crippen MR) is 118 cm³/mol. The SMILES string of the molecule is Cc1ccc(OCC(=O)NCc2ccc(-c3nc4ccccc4s3)cc2)c(C)c1. The Balaban J connectivity index is 1.32. The number of aryl methyl sites for hydroxylation is 2. The van der Waals surface area contributed by atoms with Crippen molar-refractivity contribution in [2.75, 3.05) is 6.61 Å². The van der Waals surface area contributed by atoms with Gasteiger partial charge >= 0.3 is 0 Å². The summed E-state index contributed by atoms with van der Waals surface area (Å²) in [4.78, 5) is 16.8. The fourth-order valence-corrected chi connectivity index (χ4v) is 4.09. The minimum atomic E-state index is -0.139. The molecule has 0 aliphatic rings. The second kappa shape index (κ2) is 8.45. The van der Waals surface area contributed by atoms with E-state index in [0.29, 0.717) is 6.54 Å². The third kappa shape index (κ3) is 4.63. The fraction of sp³-hybridized carbons (Fsp3) is 0.167. The number of hydrogen-bond acceptors (Lipinski definition) is 4. The van der Waals surface area contributed by atoms with Crippen molar-refractivity contribution in [1.82, 2.24) is 10.3 Å². The van der Waals surface area contributed by atoms with E-state index >= 15 is 0 Å². The lowest BCUT2D eigenvalue weighted by Gasteiger charge is -2.10. The molecule has 0 aliphatic heterocycles. The highest BCUT2D eigenvalue weighted by molar-refractivity contribution is 7.21. The monoisotopic (exact) mass is 402 g/mol. The van der Waals surface area contributed by atoms with Gasteiger partial charge in [-0.1, -0.05) is 54.1 Å². The summed E-state index contributed by atoms with van der Waals surface area (Å²) in [7, 11) is 0. The van der Waals surface area contributed by atoms with Crippen LogP contribution >= 0.6 is 11.3 Å². The first-order valence-electron chi connectivity index (χ1n) is 9.50. The zero-order valence-electron chi connectivity index (χ0n) is 16.4. The van der Waals surface area contributed by atoms with E-state index in [-0.39, 0.29) is 12.5 Å². The molecule has 0 spiro atoms. The number of nitrogens with one attached hydrogen (secondary N) is 1. The second-order valence-corrected chi connectivity index (χ2v) is 8.05. The number of nitrogens with zero attached hydrogens (tertiary/aromatic N) is 1. The van der Waals surface area contributed by atoms with Gasteiger partial charge in [0.05, 0.1) is 10.2 Å². The molecule has 4 nitrogen and oxygen atoms in total. The van der Waals surface area contributed by atoms with Gasteiger partial charge in [0.15, 0.2) is 6.61 Å². The van der Waals surface area contributed by atoms with Crippen molar-refractivity contribution in [1.29, 1.82) is 0 Å². The molecule has 0 radical (unpaired) electrons. The Morgan fingerprint density at radius 1 is 1.03 bits per heavy atom. The average molecular weight is 403 g/mol. The smallest absolute Gasteiger partial charge is 0.258 e. The molecule has 1 aromatic heterocycles. The Labute approximate surface area is 174 Å². The molecule has 5 heteroatoms. The Morgan fingerprint density at radius 3 is 2.59 bits per heavy atom. The summed E-state index contributed by atoms with van der Waals surface area (Å²) in [5.41, 5.74) is 5.35. The van der Waals surface area contributed by atoms with Crippen LogP contribution in [0, 0.1) is 13.8 Å². The number of amides is 1. The summed E-state index contributed by atoms with van der Waals surface area (Å²) >= 11 is 1.68. The lowest BCUT2D eigenvalue weighted by molar-refractivity contribution is -0.123. The predicted octanol–water partition coefficient (Wildman–Crippen LogP) is 5.28. The van der Waals surface area contributed by atoms with Crippen molar-refractivity contribution >= 4 is 27.5 Å². The first-order valence-corrected chi connectivity index (χ1v) is 10.3. The van der Waals surface area contributed by atoms with E-state index in [1.807, 2.05) is 74.5 Å². The number of ether oxygens (including phenoxy) is 1. The van der Waals surface area contributed by atoms with Crippen LogP contribution in [0.3, 0.4) is 0 Å². The lowest BCUT2D eigenvalue weighted by atomic mass is 10.1. The summed E-state index contributed by atoms with van der Waals surface area (Å²) in [6, 6.07) is 22.2. The van der Waals surface area contributed by atoms with E-state index in [0.717, 1.165) is 33.0 Å². The molecule has 1 N–H and O–H groups in total. The van der Waals surface area contributed by atoms with E-state index in [4.69, 9.17) is 4.74 Å². The number of carbonyl (C=O) groups is 1. The van der Waals surface area contributed by atoms with E-state index in [9.17, 15) is 4.79 Å². The van der Waals surface area contributed by atoms with Crippen LogP contribution in [-0.4, -0.2) is 17.5 Å². The third-order valence-electron chi connectivity index (χ3n) is 4.67. The highest BCUT2D eigenvalue weighted by atomic mass is 32.1. The van der Waals surface area contributed by atoms with Crippen LogP contribution in [0.1, 0.15) is 16.7 Å². The van der Waals surface area contributed by atoms with Crippen LogP contribution in [0.5, 0.6) is 5.75 Å². The number of carbonyl (C=O) groups excluding carboxylic acids is 1. The van der Waals surface area contributed by atoms with Gasteiger partial charge in [-0.15, -0.1) is 11.3 Å². The molecule has 1 heterocycles. The number of thiazole rings is 1. The molecule has 0 saturated carbocycles. The van der Waals surface area contributed by atoms with E-state index < -0.39 is 0 Å². The first-order chi connectivity index (χ1) is 14.1. The van der Waals surface area contributed by atoms with E-state index in [2.05, 4.69) is 16.4 Å². The highest BCUT2D eigenvalue weighted by Gasteiger charge is 2.07. The van der Waals surface area contributed by atoms with Crippen molar-refractivity contribution in [3.8, 4) is 16.3 Å². The van der Waals surface area contributed by atoms with Crippen LogP contribution in [0.4, 0.5) is 0 Å². The summed E-state index contributed by atoms with van der Waals surface area (Å²) < 4.78 is 6.81. The molecule has 146 valence electrons. The molecular weight excluding hydrogens is 380 g/mol. The van der Waals surface area contributed by atoms with E-state index in [1.165, 1.54) is 10.3 Å². The molecule has 0 fully saturated rings. The zero-order valence-corrected chi connectivity index (χ0v) is 17.3. The summed E-state index contributed by atoms with van der Waals surface area (Å²) in [5.74, 6) is 0.603. The highest BCUT2D eigenvalue weighted by Crippen LogP contribution is 2.30. The summed E-state index contributed by atoms with van der Waals surface area (Å²) in [6.45, 7) is 4.49. The second-order valence-electron chi connectivity index (χ2n) is 7.02. The molecule has 1 amide bonds. The number of aromatic nitrogens is 1. The van der Waals surface area contributed by atoms with Gasteiger partial charge in [0.1, 0.15) is 10.8 Å². The number of hydrogen-bond donors (Lipinski definition) is 1. The average Bonchev–Trinajstić information content (AvgIpc) is 3.16. The maximum Gasteiger partial charge on any atom is 0.258 e. The first kappa shape index (κ1) is 19.2. The summed E-state index contributed by atoms with van der Waals surface area (Å²) in [6.07, 6.45) is 0. The van der Waals surface area contributed by atoms with Crippen molar-refractivity contribution in [3.63, 3.8) is 0 Å². The molecule has 0 bridgehead atoms. The van der Waals surface area contributed by atoms with Crippen molar-refractivity contribution < 1.29 is 9.53 Å². The van der Waals surface area contributed by atoms with Crippen LogP contribution in [0.2, 0.25) is 0 Å². The Hall–Kier alpha value is -3.18. The zero-order chi connectivity index (χ0) is 20.2. The quantitative estimate of drug-likeness (QED) is 0.478. The molecular formula is C24H22N2O2S.